The smallest absolute Gasteiger partial charge is 0.273 e. The van der Waals surface area contributed by atoms with Crippen LogP contribution in [-0.4, -0.2) is 65.4 Å². The van der Waals surface area contributed by atoms with Crippen LogP contribution in [0.4, 0.5) is 0 Å². The molecular formula is C16H20N4O4S. The van der Waals surface area contributed by atoms with Crippen molar-refractivity contribution in [3.05, 3.63) is 16.6 Å². The van der Waals surface area contributed by atoms with E-state index in [9.17, 15) is 9.59 Å². The molecule has 0 unspecified atom stereocenters. The number of hydrogen-bond acceptors (Lipinski definition) is 7. The van der Waals surface area contributed by atoms with Crippen LogP contribution in [0.2, 0.25) is 0 Å². The van der Waals surface area contributed by atoms with Crippen molar-refractivity contribution >= 4 is 28.9 Å². The quantitative estimate of drug-likeness (QED) is 0.853. The molecule has 3 aliphatic heterocycles. The van der Waals surface area contributed by atoms with Gasteiger partial charge in [0.05, 0.1) is 18.2 Å². The highest BCUT2D eigenvalue weighted by Gasteiger charge is 2.48. The minimum absolute atomic E-state index is 0.0959. The van der Waals surface area contributed by atoms with Crippen LogP contribution in [0.5, 0.6) is 0 Å². The molecule has 1 N–H and O–H groups in total. The Bertz CT molecular complexity index is 686. The number of oxime groups is 1. The largest absolute Gasteiger partial charge is 0.386 e. The lowest BCUT2D eigenvalue weighted by Crippen LogP contribution is -2.40. The fourth-order valence-electron chi connectivity index (χ4n) is 3.47. The lowest BCUT2D eigenvalue weighted by molar-refractivity contribution is -0.115. The van der Waals surface area contributed by atoms with Gasteiger partial charge in [0, 0.05) is 37.9 Å². The van der Waals surface area contributed by atoms with E-state index in [1.807, 2.05) is 0 Å². The Morgan fingerprint density at radius 1 is 1.48 bits per heavy atom. The van der Waals surface area contributed by atoms with Gasteiger partial charge in [0.15, 0.2) is 5.60 Å². The molecule has 0 aliphatic carbocycles. The van der Waals surface area contributed by atoms with Crippen LogP contribution in [-0.2, 0) is 14.4 Å². The zero-order valence-corrected chi connectivity index (χ0v) is 14.6. The predicted octanol–water partition coefficient (Wildman–Crippen LogP) is 0.799. The number of nitrogens with one attached hydrogen (secondary N) is 1. The van der Waals surface area contributed by atoms with Gasteiger partial charge in [-0.05, 0) is 12.8 Å². The van der Waals surface area contributed by atoms with Crippen molar-refractivity contribution in [3.8, 4) is 0 Å². The lowest BCUT2D eigenvalue weighted by atomic mass is 9.96. The molecule has 2 atom stereocenters. The number of hydrogen-bond donors (Lipinski definition) is 1. The maximum Gasteiger partial charge on any atom is 0.273 e. The molecular weight excluding hydrogens is 344 g/mol. The van der Waals surface area contributed by atoms with E-state index in [2.05, 4.69) is 15.5 Å². The van der Waals surface area contributed by atoms with E-state index in [-0.39, 0.29) is 17.9 Å². The zero-order chi connectivity index (χ0) is 17.3. The third-order valence-electron chi connectivity index (χ3n) is 4.87. The van der Waals surface area contributed by atoms with Crippen LogP contribution >= 0.6 is 11.3 Å². The molecule has 2 fully saturated rings. The fraction of sp³-hybridized carbons (Fsp3) is 0.625. The van der Waals surface area contributed by atoms with Crippen LogP contribution in [0.1, 0.15) is 36.2 Å². The number of aromatic nitrogens is 1. The van der Waals surface area contributed by atoms with Crippen molar-refractivity contribution in [2.24, 2.45) is 5.16 Å². The van der Waals surface area contributed by atoms with E-state index in [1.165, 1.54) is 11.3 Å². The molecule has 25 heavy (non-hydrogen) atoms. The predicted molar refractivity (Wildman–Crippen MR) is 90.5 cm³/mol. The Morgan fingerprint density at radius 2 is 2.40 bits per heavy atom. The molecule has 1 aromatic rings. The molecule has 2 amide bonds. The molecule has 3 aliphatic rings. The van der Waals surface area contributed by atoms with Gasteiger partial charge in [-0.15, -0.1) is 11.3 Å². The van der Waals surface area contributed by atoms with Gasteiger partial charge in [0.2, 0.25) is 0 Å². The van der Waals surface area contributed by atoms with E-state index in [0.717, 1.165) is 19.4 Å². The molecule has 0 radical (unpaired) electrons. The Labute approximate surface area is 149 Å². The molecule has 0 saturated carbocycles. The van der Waals surface area contributed by atoms with E-state index < -0.39 is 5.60 Å². The van der Waals surface area contributed by atoms with E-state index in [4.69, 9.17) is 9.57 Å². The van der Waals surface area contributed by atoms with Crippen molar-refractivity contribution in [1.29, 1.82) is 0 Å². The normalized spacial score (nSPS) is 28.2. The van der Waals surface area contributed by atoms with E-state index >= 15 is 0 Å². The van der Waals surface area contributed by atoms with Crippen LogP contribution in [0.15, 0.2) is 16.0 Å². The van der Waals surface area contributed by atoms with Gasteiger partial charge < -0.3 is 19.8 Å². The Kier molecular flexibility index (Phi) is 4.43. The lowest BCUT2D eigenvalue weighted by Gasteiger charge is -2.21. The van der Waals surface area contributed by atoms with E-state index in [0.29, 0.717) is 43.9 Å². The maximum atomic E-state index is 12.4. The molecule has 2 saturated heterocycles. The molecule has 4 heterocycles. The Hall–Kier alpha value is -2.00. The van der Waals surface area contributed by atoms with Gasteiger partial charge in [-0.25, -0.2) is 4.98 Å². The maximum absolute atomic E-state index is 12.4. The van der Waals surface area contributed by atoms with Crippen LogP contribution in [0.25, 0.3) is 0 Å². The summed E-state index contributed by atoms with van der Waals surface area (Å²) >= 11 is 1.39. The van der Waals surface area contributed by atoms with Gasteiger partial charge in [-0.2, -0.15) is 0 Å². The summed E-state index contributed by atoms with van der Waals surface area (Å²) in [7, 11) is 0. The van der Waals surface area contributed by atoms with Gasteiger partial charge in [0.25, 0.3) is 11.8 Å². The summed E-state index contributed by atoms with van der Waals surface area (Å²) in [6, 6.07) is 0. The second-order valence-electron chi connectivity index (χ2n) is 6.68. The minimum atomic E-state index is -0.581. The van der Waals surface area contributed by atoms with Gasteiger partial charge in [0.1, 0.15) is 11.4 Å². The number of ether oxygens (including phenoxy) is 1. The van der Waals surface area contributed by atoms with Crippen molar-refractivity contribution in [3.63, 3.8) is 0 Å². The SMILES string of the molecule is O=C(NC[C@@H]1CCCO1)C1=NO[C@@]2(CCN(C(=O)c3cscn3)C2)C1. The first-order chi connectivity index (χ1) is 12.2. The molecule has 1 spiro atoms. The average Bonchev–Trinajstić information content (AvgIpc) is 3.41. The number of nitrogens with zero attached hydrogens (tertiary/aromatic N) is 3. The first-order valence-electron chi connectivity index (χ1n) is 8.48. The number of rotatable bonds is 4. The Morgan fingerprint density at radius 3 is 3.16 bits per heavy atom. The van der Waals surface area contributed by atoms with Crippen molar-refractivity contribution < 1.29 is 19.2 Å². The first kappa shape index (κ1) is 16.5. The van der Waals surface area contributed by atoms with Gasteiger partial charge >= 0.3 is 0 Å². The third-order valence-corrected chi connectivity index (χ3v) is 5.46. The Balaban J connectivity index is 1.30. The number of likely N-dealkylation sites (tertiary alicyclic amines) is 1. The molecule has 0 bridgehead atoms. The molecule has 0 aromatic carbocycles. The summed E-state index contributed by atoms with van der Waals surface area (Å²) in [5, 5.41) is 8.59. The first-order valence-corrected chi connectivity index (χ1v) is 9.42. The topological polar surface area (TPSA) is 93.1 Å². The van der Waals surface area contributed by atoms with Crippen LogP contribution in [0.3, 0.4) is 0 Å². The highest BCUT2D eigenvalue weighted by Crippen LogP contribution is 2.34. The fourth-order valence-corrected chi connectivity index (χ4v) is 4.00. The monoisotopic (exact) mass is 364 g/mol. The number of amides is 2. The number of carbonyl (C=O) groups excluding carboxylic acids is 2. The van der Waals surface area contributed by atoms with Crippen LogP contribution < -0.4 is 5.32 Å². The summed E-state index contributed by atoms with van der Waals surface area (Å²) in [5.74, 6) is -0.310. The van der Waals surface area contributed by atoms with Gasteiger partial charge in [-0.3, -0.25) is 9.59 Å². The molecule has 4 rings (SSSR count). The highest BCUT2D eigenvalue weighted by molar-refractivity contribution is 7.07. The average molecular weight is 364 g/mol. The molecule has 1 aromatic heterocycles. The second-order valence-corrected chi connectivity index (χ2v) is 7.40. The molecule has 9 heteroatoms. The number of thiazole rings is 1. The van der Waals surface area contributed by atoms with Crippen molar-refractivity contribution in [2.45, 2.75) is 37.4 Å². The molecule has 8 nitrogen and oxygen atoms in total. The standard InChI is InChI=1S/C16H20N4O4S/c21-14(17-7-11-2-1-5-23-11)12-6-16(24-19-12)3-4-20(9-16)15(22)13-8-25-10-18-13/h8,10-11H,1-7,9H2,(H,17,21)/t11-,16-/m0/s1. The summed E-state index contributed by atoms with van der Waals surface area (Å²) in [4.78, 5) is 36.0. The second kappa shape index (κ2) is 6.72. The summed E-state index contributed by atoms with van der Waals surface area (Å²) in [5.41, 5.74) is 1.91. The summed E-state index contributed by atoms with van der Waals surface area (Å²) in [6.45, 7) is 2.27. The minimum Gasteiger partial charge on any atom is -0.386 e. The summed E-state index contributed by atoms with van der Waals surface area (Å²) < 4.78 is 5.50. The summed E-state index contributed by atoms with van der Waals surface area (Å²) in [6.07, 6.45) is 3.19. The zero-order valence-electron chi connectivity index (χ0n) is 13.8. The van der Waals surface area contributed by atoms with Gasteiger partial charge in [-0.1, -0.05) is 5.16 Å². The third kappa shape index (κ3) is 3.38. The van der Waals surface area contributed by atoms with Crippen molar-refractivity contribution in [1.82, 2.24) is 15.2 Å². The molecule has 134 valence electrons. The highest BCUT2D eigenvalue weighted by atomic mass is 32.1. The number of carbonyl (C=O) groups is 2. The van der Waals surface area contributed by atoms with Crippen molar-refractivity contribution in [2.75, 3.05) is 26.2 Å². The van der Waals surface area contributed by atoms with Crippen LogP contribution in [0, 0.1) is 0 Å². The van der Waals surface area contributed by atoms with E-state index in [1.54, 1.807) is 15.8 Å².